The van der Waals surface area contributed by atoms with Gasteiger partial charge in [-0.25, -0.2) is 0 Å². The Morgan fingerprint density at radius 1 is 1.19 bits per heavy atom. The van der Waals surface area contributed by atoms with E-state index in [1.807, 2.05) is 0 Å². The van der Waals surface area contributed by atoms with Gasteiger partial charge in [0.25, 0.3) is 0 Å². The van der Waals surface area contributed by atoms with E-state index in [-0.39, 0.29) is 18.2 Å². The fourth-order valence-corrected chi connectivity index (χ4v) is 2.60. The lowest BCUT2D eigenvalue weighted by Gasteiger charge is -2.18. The molecule has 21 heavy (non-hydrogen) atoms. The molecular formula is C18H30O3. The fourth-order valence-electron chi connectivity index (χ4n) is 2.60. The monoisotopic (exact) mass is 294 g/mol. The van der Waals surface area contributed by atoms with E-state index in [1.165, 1.54) is 12.8 Å². The van der Waals surface area contributed by atoms with Gasteiger partial charge < -0.3 is 9.84 Å². The molecular weight excluding hydrogens is 264 g/mol. The van der Waals surface area contributed by atoms with Gasteiger partial charge in [0.2, 0.25) is 0 Å². The van der Waals surface area contributed by atoms with E-state index >= 15 is 0 Å². The number of rotatable bonds is 4. The number of hydrogen-bond donors (Lipinski definition) is 1. The van der Waals surface area contributed by atoms with Gasteiger partial charge in [0, 0.05) is 12.8 Å². The first-order valence-corrected chi connectivity index (χ1v) is 8.55. The molecule has 0 aliphatic carbocycles. The van der Waals surface area contributed by atoms with E-state index in [0.29, 0.717) is 19.3 Å². The Hall–Kier alpha value is -1.01. The molecule has 0 saturated carbocycles. The van der Waals surface area contributed by atoms with Crippen LogP contribution in [0.3, 0.4) is 0 Å². The van der Waals surface area contributed by atoms with Crippen molar-refractivity contribution in [1.29, 1.82) is 0 Å². The predicted octanol–water partition coefficient (Wildman–Crippen LogP) is 3.98. The molecule has 0 radical (unpaired) electrons. The molecule has 0 amide bonds. The van der Waals surface area contributed by atoms with E-state index in [1.54, 1.807) is 0 Å². The summed E-state index contributed by atoms with van der Waals surface area (Å²) in [5, 5.41) is 9.77. The summed E-state index contributed by atoms with van der Waals surface area (Å²) in [4.78, 5) is 11.8. The second-order valence-corrected chi connectivity index (χ2v) is 5.96. The Balaban J connectivity index is 2.46. The molecule has 0 aromatic rings. The van der Waals surface area contributed by atoms with Gasteiger partial charge in [0.05, 0.1) is 12.5 Å². The van der Waals surface area contributed by atoms with Crippen LogP contribution in [0.15, 0.2) is 0 Å². The zero-order valence-corrected chi connectivity index (χ0v) is 13.4. The number of carbonyl (C=O) groups is 1. The normalized spacial score (nSPS) is 25.3. The minimum Gasteiger partial charge on any atom is -0.462 e. The highest BCUT2D eigenvalue weighted by atomic mass is 16.5. The van der Waals surface area contributed by atoms with Gasteiger partial charge in [-0.2, -0.15) is 0 Å². The third-order valence-electron chi connectivity index (χ3n) is 3.91. The number of aliphatic hydroxyl groups excluding tert-OH is 1. The molecule has 2 atom stereocenters. The van der Waals surface area contributed by atoms with E-state index in [4.69, 9.17) is 4.74 Å². The lowest BCUT2D eigenvalue weighted by Crippen LogP contribution is -2.18. The predicted molar refractivity (Wildman–Crippen MR) is 84.7 cm³/mol. The summed E-state index contributed by atoms with van der Waals surface area (Å²) < 4.78 is 5.61. The summed E-state index contributed by atoms with van der Waals surface area (Å²) in [7, 11) is 0. The summed E-state index contributed by atoms with van der Waals surface area (Å²) in [6.45, 7) is 2.18. The summed E-state index contributed by atoms with van der Waals surface area (Å²) in [6.07, 6.45) is 10.7. The zero-order valence-electron chi connectivity index (χ0n) is 13.4. The first kappa shape index (κ1) is 18.0. The van der Waals surface area contributed by atoms with Crippen LogP contribution >= 0.6 is 0 Å². The highest BCUT2D eigenvalue weighted by Crippen LogP contribution is 2.17. The van der Waals surface area contributed by atoms with Gasteiger partial charge >= 0.3 is 5.97 Å². The quantitative estimate of drug-likeness (QED) is 0.484. The Morgan fingerprint density at radius 2 is 2.00 bits per heavy atom. The van der Waals surface area contributed by atoms with Crippen molar-refractivity contribution in [3.8, 4) is 11.8 Å². The van der Waals surface area contributed by atoms with E-state index in [9.17, 15) is 9.90 Å². The van der Waals surface area contributed by atoms with E-state index in [2.05, 4.69) is 18.8 Å². The van der Waals surface area contributed by atoms with Gasteiger partial charge in [-0.15, -0.1) is 11.8 Å². The number of ether oxygens (including phenoxy) is 1. The van der Waals surface area contributed by atoms with Crippen LogP contribution in [0, 0.1) is 11.8 Å². The van der Waals surface area contributed by atoms with Crippen molar-refractivity contribution < 1.29 is 14.6 Å². The minimum absolute atomic E-state index is 0.0740. The Bertz CT molecular complexity index is 340. The summed E-state index contributed by atoms with van der Waals surface area (Å²) in [5.74, 6) is 5.79. The van der Waals surface area contributed by atoms with Crippen molar-refractivity contribution in [2.24, 2.45) is 0 Å². The smallest absolute Gasteiger partial charge is 0.307 e. The number of aliphatic hydroxyl groups is 1. The average molecular weight is 294 g/mol. The summed E-state index contributed by atoms with van der Waals surface area (Å²) >= 11 is 0. The summed E-state index contributed by atoms with van der Waals surface area (Å²) in [6, 6.07) is 0. The van der Waals surface area contributed by atoms with Crippen molar-refractivity contribution in [1.82, 2.24) is 0 Å². The van der Waals surface area contributed by atoms with Crippen molar-refractivity contribution in [2.75, 3.05) is 0 Å². The Labute approximate surface area is 129 Å². The molecule has 2 unspecified atom stereocenters. The van der Waals surface area contributed by atoms with Crippen molar-refractivity contribution in [2.45, 2.75) is 96.2 Å². The van der Waals surface area contributed by atoms with Crippen LogP contribution in [0.1, 0.15) is 84.0 Å². The van der Waals surface area contributed by atoms with Crippen LogP contribution in [0.2, 0.25) is 0 Å². The van der Waals surface area contributed by atoms with Gasteiger partial charge in [0.1, 0.15) is 6.10 Å². The molecule has 1 aliphatic heterocycles. The first-order chi connectivity index (χ1) is 10.2. The number of unbranched alkanes of at least 4 members (excludes halogenated alkanes) is 2. The van der Waals surface area contributed by atoms with Crippen LogP contribution in [0.25, 0.3) is 0 Å². The van der Waals surface area contributed by atoms with Crippen LogP contribution < -0.4 is 0 Å². The minimum atomic E-state index is -0.312. The highest BCUT2D eigenvalue weighted by molar-refractivity contribution is 5.69. The highest BCUT2D eigenvalue weighted by Gasteiger charge is 2.14. The average Bonchev–Trinajstić information content (AvgIpc) is 2.45. The van der Waals surface area contributed by atoms with E-state index in [0.717, 1.165) is 44.9 Å². The maximum atomic E-state index is 11.8. The van der Waals surface area contributed by atoms with Crippen LogP contribution in [0.4, 0.5) is 0 Å². The van der Waals surface area contributed by atoms with Gasteiger partial charge in [-0.3, -0.25) is 4.79 Å². The lowest BCUT2D eigenvalue weighted by atomic mass is 10.0. The number of esters is 1. The van der Waals surface area contributed by atoms with Crippen molar-refractivity contribution in [3.63, 3.8) is 0 Å². The van der Waals surface area contributed by atoms with Crippen LogP contribution in [-0.4, -0.2) is 23.3 Å². The van der Waals surface area contributed by atoms with E-state index < -0.39 is 0 Å². The zero-order chi connectivity index (χ0) is 15.3. The molecule has 0 aromatic heterocycles. The maximum Gasteiger partial charge on any atom is 0.307 e. The molecule has 1 heterocycles. The maximum absolute atomic E-state index is 11.8. The first-order valence-electron chi connectivity index (χ1n) is 8.55. The third-order valence-corrected chi connectivity index (χ3v) is 3.91. The largest absolute Gasteiger partial charge is 0.462 e. The fraction of sp³-hybridized carbons (Fsp3) is 0.833. The number of hydrogen-bond acceptors (Lipinski definition) is 3. The van der Waals surface area contributed by atoms with Gasteiger partial charge in [-0.05, 0) is 32.1 Å². The molecule has 120 valence electrons. The van der Waals surface area contributed by atoms with Crippen molar-refractivity contribution in [3.05, 3.63) is 0 Å². The van der Waals surface area contributed by atoms with Gasteiger partial charge in [0.15, 0.2) is 0 Å². The molecule has 0 fully saturated rings. The molecule has 3 heteroatoms. The molecule has 1 N–H and O–H groups in total. The summed E-state index contributed by atoms with van der Waals surface area (Å²) in [5.41, 5.74) is 0. The molecule has 1 rings (SSSR count). The topological polar surface area (TPSA) is 46.5 Å². The van der Waals surface area contributed by atoms with Gasteiger partial charge in [-0.1, -0.05) is 32.6 Å². The third kappa shape index (κ3) is 9.52. The molecule has 3 nitrogen and oxygen atoms in total. The van der Waals surface area contributed by atoms with Crippen LogP contribution in [-0.2, 0) is 9.53 Å². The second-order valence-electron chi connectivity index (χ2n) is 5.96. The molecule has 0 bridgehead atoms. The standard InChI is InChI=1S/C18H30O3/c1-2-3-6-13-17-14-9-4-7-11-16(19)12-8-5-10-15-18(20)21-17/h16-17,19H,2-4,6-7,9-15H2,1H3. The molecule has 1 aliphatic rings. The lowest BCUT2D eigenvalue weighted by molar-refractivity contribution is -0.149. The molecule has 0 saturated heterocycles. The Morgan fingerprint density at radius 3 is 2.81 bits per heavy atom. The number of carbonyl (C=O) groups excluding carboxylic acids is 1. The SMILES string of the molecule is CCCCCC1CCCCCC(O)CC#CCCC(=O)O1. The Kier molecular flexibility index (Phi) is 9.99. The second kappa shape index (κ2) is 11.6. The molecule has 0 spiro atoms. The molecule has 0 aromatic carbocycles. The number of cyclic esters (lactones) is 1. The van der Waals surface area contributed by atoms with Crippen molar-refractivity contribution >= 4 is 5.97 Å². The van der Waals surface area contributed by atoms with Crippen LogP contribution in [0.5, 0.6) is 0 Å².